The Morgan fingerprint density at radius 2 is 2.05 bits per heavy atom. The Kier molecular flexibility index (Phi) is 6.29. The summed E-state index contributed by atoms with van der Waals surface area (Å²) in [4.78, 5) is 2.42. The zero-order valence-corrected chi connectivity index (χ0v) is 13.1. The average molecular weight is 293 g/mol. The van der Waals surface area contributed by atoms with Gasteiger partial charge >= 0.3 is 0 Å². The van der Waals surface area contributed by atoms with Crippen molar-refractivity contribution >= 4 is 17.4 Å². The molecule has 1 N–H and O–H groups in total. The number of nitrogens with zero attached hydrogens (tertiary/aromatic N) is 4. The van der Waals surface area contributed by atoms with Crippen LogP contribution in [0.3, 0.4) is 0 Å². The van der Waals surface area contributed by atoms with Crippen LogP contribution in [0.2, 0.25) is 0 Å². The fourth-order valence-corrected chi connectivity index (χ4v) is 2.86. The lowest BCUT2D eigenvalue weighted by molar-refractivity contribution is 0.303. The van der Waals surface area contributed by atoms with Crippen LogP contribution in [0.25, 0.3) is 5.65 Å². The number of aromatic nitrogens is 3. The molecule has 0 fully saturated rings. The van der Waals surface area contributed by atoms with Crippen molar-refractivity contribution < 1.29 is 0 Å². The van der Waals surface area contributed by atoms with Crippen LogP contribution in [0.4, 0.5) is 0 Å². The van der Waals surface area contributed by atoms with Gasteiger partial charge in [-0.25, -0.2) is 0 Å². The molecule has 0 amide bonds. The Balaban J connectivity index is 1.66. The SMILES string of the molecule is CCN(CC)CCNCCSc1nnc2ccccn12. The van der Waals surface area contributed by atoms with Crippen molar-refractivity contribution in [1.29, 1.82) is 0 Å². The van der Waals surface area contributed by atoms with Crippen LogP contribution in [-0.4, -0.2) is 58.0 Å². The van der Waals surface area contributed by atoms with E-state index < -0.39 is 0 Å². The minimum absolute atomic E-state index is 0.907. The number of thioether (sulfide) groups is 1. The zero-order chi connectivity index (χ0) is 14.2. The standard InChI is InChI=1S/C14H23N5S/c1-3-18(4-2)11-8-15-9-12-20-14-17-16-13-7-5-6-10-19(13)14/h5-7,10,15H,3-4,8-9,11-12H2,1-2H3. The van der Waals surface area contributed by atoms with Crippen LogP contribution in [0.5, 0.6) is 0 Å². The van der Waals surface area contributed by atoms with Crippen LogP contribution in [0.1, 0.15) is 13.8 Å². The van der Waals surface area contributed by atoms with Gasteiger partial charge in [0.15, 0.2) is 10.8 Å². The summed E-state index contributed by atoms with van der Waals surface area (Å²) in [6.07, 6.45) is 2.01. The molecule has 2 aromatic rings. The predicted octanol–water partition coefficient (Wildman–Crippen LogP) is 1.75. The van der Waals surface area contributed by atoms with E-state index in [1.54, 1.807) is 11.8 Å². The molecule has 110 valence electrons. The highest BCUT2D eigenvalue weighted by Gasteiger charge is 2.04. The van der Waals surface area contributed by atoms with E-state index >= 15 is 0 Å². The molecule has 0 atom stereocenters. The number of nitrogens with one attached hydrogen (secondary N) is 1. The summed E-state index contributed by atoms with van der Waals surface area (Å²) in [6, 6.07) is 5.95. The van der Waals surface area contributed by atoms with E-state index in [1.807, 2.05) is 28.8 Å². The van der Waals surface area contributed by atoms with E-state index in [2.05, 4.69) is 34.3 Å². The van der Waals surface area contributed by atoms with Crippen molar-refractivity contribution in [1.82, 2.24) is 24.8 Å². The summed E-state index contributed by atoms with van der Waals surface area (Å²) in [5.41, 5.74) is 0.907. The summed E-state index contributed by atoms with van der Waals surface area (Å²) >= 11 is 1.74. The number of fused-ring (bicyclic) bond motifs is 1. The molecular formula is C14H23N5S. The maximum atomic E-state index is 4.21. The molecule has 0 bridgehead atoms. The van der Waals surface area contributed by atoms with Crippen molar-refractivity contribution in [3.8, 4) is 0 Å². The summed E-state index contributed by atoms with van der Waals surface area (Å²) in [5.74, 6) is 1.01. The van der Waals surface area contributed by atoms with Crippen LogP contribution in [0.15, 0.2) is 29.6 Å². The van der Waals surface area contributed by atoms with E-state index in [4.69, 9.17) is 0 Å². The van der Waals surface area contributed by atoms with Crippen molar-refractivity contribution in [2.24, 2.45) is 0 Å². The van der Waals surface area contributed by atoms with Gasteiger partial charge in [0.1, 0.15) is 0 Å². The second kappa shape index (κ2) is 8.24. The number of rotatable bonds is 9. The van der Waals surface area contributed by atoms with Crippen molar-refractivity contribution in [3.05, 3.63) is 24.4 Å². The second-order valence-electron chi connectivity index (χ2n) is 4.54. The highest BCUT2D eigenvalue weighted by molar-refractivity contribution is 7.99. The van der Waals surface area contributed by atoms with E-state index in [0.29, 0.717) is 0 Å². The minimum Gasteiger partial charge on any atom is -0.315 e. The van der Waals surface area contributed by atoms with Gasteiger partial charge in [-0.05, 0) is 25.2 Å². The first-order valence-corrected chi connectivity index (χ1v) is 8.19. The zero-order valence-electron chi connectivity index (χ0n) is 12.2. The molecule has 0 aliphatic heterocycles. The summed E-state index contributed by atoms with van der Waals surface area (Å²) in [6.45, 7) is 9.81. The Hall–Kier alpha value is -1.11. The molecule has 0 aliphatic rings. The van der Waals surface area contributed by atoms with Gasteiger partial charge in [0, 0.05) is 31.6 Å². The van der Waals surface area contributed by atoms with Gasteiger partial charge in [-0.15, -0.1) is 10.2 Å². The van der Waals surface area contributed by atoms with E-state index in [0.717, 1.165) is 49.3 Å². The van der Waals surface area contributed by atoms with Crippen molar-refractivity contribution in [2.45, 2.75) is 19.0 Å². The maximum absolute atomic E-state index is 4.21. The summed E-state index contributed by atoms with van der Waals surface area (Å²) < 4.78 is 2.03. The van der Waals surface area contributed by atoms with Crippen LogP contribution in [0, 0.1) is 0 Å². The molecule has 20 heavy (non-hydrogen) atoms. The average Bonchev–Trinajstić information content (AvgIpc) is 2.90. The Bertz CT molecular complexity index is 509. The summed E-state index contributed by atoms with van der Waals surface area (Å²) in [5, 5.41) is 12.8. The molecule has 0 unspecified atom stereocenters. The smallest absolute Gasteiger partial charge is 0.195 e. The molecule has 2 aromatic heterocycles. The van der Waals surface area contributed by atoms with Gasteiger partial charge in [0.2, 0.25) is 0 Å². The molecule has 6 heteroatoms. The Labute approximate surface area is 124 Å². The van der Waals surface area contributed by atoms with Gasteiger partial charge in [0.05, 0.1) is 0 Å². The quantitative estimate of drug-likeness (QED) is 0.564. The largest absolute Gasteiger partial charge is 0.315 e. The van der Waals surface area contributed by atoms with E-state index in [1.165, 1.54) is 0 Å². The molecular weight excluding hydrogens is 270 g/mol. The lowest BCUT2D eigenvalue weighted by Gasteiger charge is -2.17. The van der Waals surface area contributed by atoms with Crippen LogP contribution >= 0.6 is 11.8 Å². The first-order chi connectivity index (χ1) is 9.85. The third-order valence-electron chi connectivity index (χ3n) is 3.29. The molecule has 0 aromatic carbocycles. The third kappa shape index (κ3) is 4.19. The fraction of sp³-hybridized carbons (Fsp3) is 0.571. The van der Waals surface area contributed by atoms with Gasteiger partial charge in [-0.2, -0.15) is 0 Å². The molecule has 0 spiro atoms. The number of likely N-dealkylation sites (N-methyl/N-ethyl adjacent to an activating group) is 1. The Morgan fingerprint density at radius 3 is 2.85 bits per heavy atom. The van der Waals surface area contributed by atoms with Gasteiger partial charge in [-0.3, -0.25) is 4.40 Å². The number of hydrogen-bond donors (Lipinski definition) is 1. The monoisotopic (exact) mass is 293 g/mol. The number of pyridine rings is 1. The lowest BCUT2D eigenvalue weighted by Crippen LogP contribution is -2.32. The van der Waals surface area contributed by atoms with Gasteiger partial charge in [0.25, 0.3) is 0 Å². The van der Waals surface area contributed by atoms with E-state index in [-0.39, 0.29) is 0 Å². The molecule has 0 saturated carbocycles. The molecule has 0 radical (unpaired) electrons. The number of hydrogen-bond acceptors (Lipinski definition) is 5. The second-order valence-corrected chi connectivity index (χ2v) is 5.60. The van der Waals surface area contributed by atoms with E-state index in [9.17, 15) is 0 Å². The molecule has 2 rings (SSSR count). The maximum Gasteiger partial charge on any atom is 0.195 e. The molecule has 5 nitrogen and oxygen atoms in total. The topological polar surface area (TPSA) is 45.5 Å². The molecule has 0 saturated heterocycles. The highest BCUT2D eigenvalue weighted by Crippen LogP contribution is 2.15. The first-order valence-electron chi connectivity index (χ1n) is 7.20. The van der Waals surface area contributed by atoms with Gasteiger partial charge < -0.3 is 10.2 Å². The molecule has 2 heterocycles. The van der Waals surface area contributed by atoms with Gasteiger partial charge in [-0.1, -0.05) is 31.7 Å². The normalized spacial score (nSPS) is 11.6. The lowest BCUT2D eigenvalue weighted by atomic mass is 10.4. The third-order valence-corrected chi connectivity index (χ3v) is 4.24. The predicted molar refractivity (Wildman–Crippen MR) is 84.4 cm³/mol. The van der Waals surface area contributed by atoms with Crippen LogP contribution in [-0.2, 0) is 0 Å². The fourth-order valence-electron chi connectivity index (χ4n) is 2.03. The molecule has 0 aliphatic carbocycles. The summed E-state index contributed by atoms with van der Waals surface area (Å²) in [7, 11) is 0. The van der Waals surface area contributed by atoms with Crippen molar-refractivity contribution in [2.75, 3.05) is 38.5 Å². The van der Waals surface area contributed by atoms with Crippen molar-refractivity contribution in [3.63, 3.8) is 0 Å². The van der Waals surface area contributed by atoms with Crippen LogP contribution < -0.4 is 5.32 Å². The minimum atomic E-state index is 0.907. The highest BCUT2D eigenvalue weighted by atomic mass is 32.2. The first kappa shape index (κ1) is 15.3. The Morgan fingerprint density at radius 1 is 1.20 bits per heavy atom.